The summed E-state index contributed by atoms with van der Waals surface area (Å²) >= 11 is 3.14. The van der Waals surface area contributed by atoms with Gasteiger partial charge in [-0.15, -0.1) is 11.3 Å². The molecular formula is C29H23N3OS2. The minimum Gasteiger partial charge on any atom is -0.345 e. The van der Waals surface area contributed by atoms with Gasteiger partial charge in [0.05, 0.1) is 17.0 Å². The Morgan fingerprint density at radius 3 is 2.66 bits per heavy atom. The summed E-state index contributed by atoms with van der Waals surface area (Å²) in [6.45, 7) is 0. The lowest BCUT2D eigenvalue weighted by atomic mass is 9.87. The molecule has 0 fully saturated rings. The van der Waals surface area contributed by atoms with Gasteiger partial charge in [-0.25, -0.2) is 9.97 Å². The topological polar surface area (TPSA) is 54.9 Å². The third-order valence-electron chi connectivity index (χ3n) is 6.43. The monoisotopic (exact) mass is 493 g/mol. The van der Waals surface area contributed by atoms with E-state index in [1.807, 2.05) is 42.5 Å². The predicted octanol–water partition coefficient (Wildman–Crippen LogP) is 7.32. The van der Waals surface area contributed by atoms with Crippen molar-refractivity contribution in [1.29, 1.82) is 0 Å². The average molecular weight is 494 g/mol. The Bertz CT molecular complexity index is 1510. The lowest BCUT2D eigenvalue weighted by Crippen LogP contribution is -2.31. The van der Waals surface area contributed by atoms with Gasteiger partial charge in [0.25, 0.3) is 5.91 Å². The highest BCUT2D eigenvalue weighted by Gasteiger charge is 2.23. The van der Waals surface area contributed by atoms with Crippen molar-refractivity contribution in [3.05, 3.63) is 107 Å². The van der Waals surface area contributed by atoms with Crippen molar-refractivity contribution in [3.63, 3.8) is 0 Å². The number of benzene rings is 3. The zero-order chi connectivity index (χ0) is 23.6. The van der Waals surface area contributed by atoms with Gasteiger partial charge in [0.1, 0.15) is 16.2 Å². The van der Waals surface area contributed by atoms with Gasteiger partial charge >= 0.3 is 0 Å². The van der Waals surface area contributed by atoms with Crippen LogP contribution in [0, 0.1) is 0 Å². The molecule has 5 aromatic rings. The molecular weight excluding hydrogens is 470 g/mol. The molecule has 35 heavy (non-hydrogen) atoms. The van der Waals surface area contributed by atoms with E-state index in [-0.39, 0.29) is 11.9 Å². The van der Waals surface area contributed by atoms with Gasteiger partial charge in [-0.05, 0) is 48.1 Å². The summed E-state index contributed by atoms with van der Waals surface area (Å²) < 4.78 is 0. The fourth-order valence-corrected chi connectivity index (χ4v) is 6.76. The Labute approximate surface area is 212 Å². The number of carbonyl (C=O) groups is 1. The Balaban J connectivity index is 1.33. The molecule has 2 aromatic heterocycles. The summed E-state index contributed by atoms with van der Waals surface area (Å²) in [6.07, 6.45) is 4.72. The normalized spacial score (nSPS) is 15.0. The molecule has 1 N–H and O–H groups in total. The maximum absolute atomic E-state index is 13.5. The molecule has 0 saturated heterocycles. The maximum atomic E-state index is 13.5. The van der Waals surface area contributed by atoms with E-state index in [4.69, 9.17) is 0 Å². The number of hydrogen-bond donors (Lipinski definition) is 1. The molecule has 0 unspecified atom stereocenters. The van der Waals surface area contributed by atoms with Gasteiger partial charge in [-0.2, -0.15) is 0 Å². The summed E-state index contributed by atoms with van der Waals surface area (Å²) in [6, 6.07) is 26.6. The van der Waals surface area contributed by atoms with Crippen LogP contribution < -0.4 is 5.32 Å². The van der Waals surface area contributed by atoms with Crippen LogP contribution in [0.2, 0.25) is 0 Å². The second kappa shape index (κ2) is 9.64. The lowest BCUT2D eigenvalue weighted by Gasteiger charge is -2.26. The molecule has 0 bridgehead atoms. The third-order valence-corrected chi connectivity index (χ3v) is 8.40. The van der Waals surface area contributed by atoms with Crippen molar-refractivity contribution in [2.45, 2.75) is 35.2 Å². The summed E-state index contributed by atoms with van der Waals surface area (Å²) in [5.41, 5.74) is 5.50. The number of aryl methyl sites for hydroxylation is 1. The summed E-state index contributed by atoms with van der Waals surface area (Å²) in [7, 11) is 0. The van der Waals surface area contributed by atoms with E-state index in [1.165, 1.54) is 22.9 Å². The van der Waals surface area contributed by atoms with Gasteiger partial charge in [0.2, 0.25) is 0 Å². The van der Waals surface area contributed by atoms with E-state index in [0.717, 1.165) is 50.5 Å². The summed E-state index contributed by atoms with van der Waals surface area (Å²) in [4.78, 5) is 24.4. The zero-order valence-electron chi connectivity index (χ0n) is 19.0. The number of fused-ring (bicyclic) bond motifs is 2. The molecule has 1 atom stereocenters. The molecule has 1 aliphatic carbocycles. The van der Waals surface area contributed by atoms with Crippen molar-refractivity contribution >= 4 is 39.2 Å². The predicted molar refractivity (Wildman–Crippen MR) is 143 cm³/mol. The molecule has 0 aliphatic heterocycles. The third kappa shape index (κ3) is 4.35. The lowest BCUT2D eigenvalue weighted by molar-refractivity contribution is 0.0930. The van der Waals surface area contributed by atoms with E-state index in [0.29, 0.717) is 5.56 Å². The molecule has 4 nitrogen and oxygen atoms in total. The Hall–Kier alpha value is -3.48. The number of aromatic nitrogens is 2. The van der Waals surface area contributed by atoms with E-state index >= 15 is 0 Å². The standard InChI is InChI=1S/C29H23N3OS2/c33-27(32-24-15-8-12-19-11-4-5-13-21(19)24)22-14-6-7-16-25(22)35-29-26-23(20-9-2-1-3-10-20)17-34-28(26)30-18-31-29/h1-7,9-11,13-14,16-18,24H,8,12,15H2,(H,32,33)/t24-/m0/s1. The second-order valence-electron chi connectivity index (χ2n) is 8.59. The highest BCUT2D eigenvalue weighted by molar-refractivity contribution is 7.99. The Morgan fingerprint density at radius 1 is 0.943 bits per heavy atom. The first-order chi connectivity index (χ1) is 17.3. The van der Waals surface area contributed by atoms with E-state index < -0.39 is 0 Å². The molecule has 1 amide bonds. The fraction of sp³-hybridized carbons (Fsp3) is 0.138. The van der Waals surface area contributed by atoms with Gasteiger partial charge in [0, 0.05) is 15.8 Å². The SMILES string of the molecule is O=C(N[C@H]1CCCc2ccccc21)c1ccccc1Sc1ncnc2scc(-c3ccccc3)c12. The minimum absolute atomic E-state index is 0.0396. The van der Waals surface area contributed by atoms with Crippen LogP contribution >= 0.6 is 23.1 Å². The van der Waals surface area contributed by atoms with E-state index in [1.54, 1.807) is 17.7 Å². The van der Waals surface area contributed by atoms with Crippen molar-refractivity contribution in [2.75, 3.05) is 0 Å². The number of carbonyl (C=O) groups excluding carboxylic acids is 1. The van der Waals surface area contributed by atoms with Crippen LogP contribution in [-0.2, 0) is 6.42 Å². The Morgan fingerprint density at radius 2 is 1.74 bits per heavy atom. The smallest absolute Gasteiger partial charge is 0.252 e. The van der Waals surface area contributed by atoms with Gasteiger partial charge in [-0.3, -0.25) is 4.79 Å². The van der Waals surface area contributed by atoms with Crippen molar-refractivity contribution in [3.8, 4) is 11.1 Å². The number of rotatable bonds is 5. The number of nitrogens with zero attached hydrogens (tertiary/aromatic N) is 2. The molecule has 6 heteroatoms. The first-order valence-corrected chi connectivity index (χ1v) is 13.4. The number of thiophene rings is 1. The molecule has 1 aliphatic rings. The highest BCUT2D eigenvalue weighted by Crippen LogP contribution is 2.41. The largest absolute Gasteiger partial charge is 0.345 e. The van der Waals surface area contributed by atoms with Crippen LogP contribution in [0.15, 0.2) is 100 Å². The van der Waals surface area contributed by atoms with Crippen molar-refractivity contribution in [2.24, 2.45) is 0 Å². The van der Waals surface area contributed by atoms with Crippen molar-refractivity contribution < 1.29 is 4.79 Å². The number of amides is 1. The number of hydrogen-bond acceptors (Lipinski definition) is 5. The van der Waals surface area contributed by atoms with Crippen LogP contribution in [0.1, 0.15) is 40.4 Å². The van der Waals surface area contributed by atoms with Crippen LogP contribution in [0.3, 0.4) is 0 Å². The average Bonchev–Trinajstić information content (AvgIpc) is 3.35. The van der Waals surface area contributed by atoms with Crippen LogP contribution in [0.5, 0.6) is 0 Å². The van der Waals surface area contributed by atoms with Crippen LogP contribution in [-0.4, -0.2) is 15.9 Å². The van der Waals surface area contributed by atoms with E-state index in [9.17, 15) is 4.79 Å². The Kier molecular flexibility index (Phi) is 6.06. The first-order valence-electron chi connectivity index (χ1n) is 11.7. The van der Waals surface area contributed by atoms with Crippen LogP contribution in [0.4, 0.5) is 0 Å². The fourth-order valence-electron chi connectivity index (χ4n) is 4.74. The van der Waals surface area contributed by atoms with Gasteiger partial charge < -0.3 is 5.32 Å². The molecule has 3 aromatic carbocycles. The first kappa shape index (κ1) is 22.0. The van der Waals surface area contributed by atoms with Gasteiger partial charge in [-0.1, -0.05) is 78.5 Å². The zero-order valence-corrected chi connectivity index (χ0v) is 20.6. The molecule has 2 heterocycles. The molecule has 0 spiro atoms. The number of nitrogens with one attached hydrogen (secondary N) is 1. The highest BCUT2D eigenvalue weighted by atomic mass is 32.2. The maximum Gasteiger partial charge on any atom is 0.252 e. The quantitative estimate of drug-likeness (QED) is 0.261. The molecule has 172 valence electrons. The van der Waals surface area contributed by atoms with Gasteiger partial charge in [0.15, 0.2) is 0 Å². The summed E-state index contributed by atoms with van der Waals surface area (Å²) in [5.74, 6) is -0.0475. The second-order valence-corrected chi connectivity index (χ2v) is 10.5. The minimum atomic E-state index is -0.0475. The molecule has 0 saturated carbocycles. The summed E-state index contributed by atoms with van der Waals surface area (Å²) in [5, 5.41) is 7.33. The molecule has 6 rings (SSSR count). The van der Waals surface area contributed by atoms with Crippen molar-refractivity contribution in [1.82, 2.24) is 15.3 Å². The van der Waals surface area contributed by atoms with Crippen LogP contribution in [0.25, 0.3) is 21.3 Å². The van der Waals surface area contributed by atoms with E-state index in [2.05, 4.69) is 57.1 Å². The molecule has 0 radical (unpaired) electrons.